The van der Waals surface area contributed by atoms with Gasteiger partial charge in [0.1, 0.15) is 0 Å². The molecule has 1 aliphatic rings. The van der Waals surface area contributed by atoms with Gasteiger partial charge in [-0.2, -0.15) is 0 Å². The summed E-state index contributed by atoms with van der Waals surface area (Å²) in [6, 6.07) is -0.343. The Kier molecular flexibility index (Phi) is 5.39. The molecule has 0 bridgehead atoms. The van der Waals surface area contributed by atoms with Gasteiger partial charge >= 0.3 is 6.03 Å². The molecule has 0 saturated carbocycles. The van der Waals surface area contributed by atoms with Crippen molar-refractivity contribution in [1.29, 1.82) is 0 Å². The molecule has 1 heterocycles. The van der Waals surface area contributed by atoms with Gasteiger partial charge in [-0.3, -0.25) is 4.79 Å². The molecule has 1 saturated heterocycles. The molecule has 0 aromatic heterocycles. The first-order chi connectivity index (χ1) is 8.39. The summed E-state index contributed by atoms with van der Waals surface area (Å²) in [7, 11) is -2.89. The number of carbonyl (C=O) groups is 2. The fourth-order valence-corrected chi connectivity index (χ4v) is 3.61. The fourth-order valence-electron chi connectivity index (χ4n) is 1.75. The van der Waals surface area contributed by atoms with Crippen molar-refractivity contribution in [2.45, 2.75) is 13.3 Å². The monoisotopic (exact) mass is 277 g/mol. The van der Waals surface area contributed by atoms with Gasteiger partial charge in [0.25, 0.3) is 0 Å². The van der Waals surface area contributed by atoms with Gasteiger partial charge in [-0.1, -0.05) is 0 Å². The number of hydrogen-bond acceptors (Lipinski definition) is 4. The first-order valence-corrected chi connectivity index (χ1v) is 7.68. The second-order valence-corrected chi connectivity index (χ2v) is 6.62. The summed E-state index contributed by atoms with van der Waals surface area (Å²) < 4.78 is 22.4. The van der Waals surface area contributed by atoms with Crippen molar-refractivity contribution in [1.82, 2.24) is 16.0 Å². The third-order valence-electron chi connectivity index (χ3n) is 2.66. The minimum atomic E-state index is -2.89. The molecule has 1 fully saturated rings. The van der Waals surface area contributed by atoms with Crippen molar-refractivity contribution in [3.05, 3.63) is 0 Å². The van der Waals surface area contributed by atoms with E-state index in [9.17, 15) is 18.0 Å². The quantitative estimate of drug-likeness (QED) is 0.552. The number of hydrogen-bond donors (Lipinski definition) is 3. The van der Waals surface area contributed by atoms with Crippen LogP contribution in [-0.2, 0) is 14.6 Å². The van der Waals surface area contributed by atoms with Gasteiger partial charge in [-0.15, -0.1) is 0 Å². The smallest absolute Gasteiger partial charge is 0.314 e. The van der Waals surface area contributed by atoms with Crippen LogP contribution in [-0.4, -0.2) is 51.5 Å². The van der Waals surface area contributed by atoms with Gasteiger partial charge < -0.3 is 16.0 Å². The first kappa shape index (κ1) is 14.7. The Bertz CT molecular complexity index is 407. The van der Waals surface area contributed by atoms with Crippen molar-refractivity contribution in [3.63, 3.8) is 0 Å². The van der Waals surface area contributed by atoms with E-state index in [2.05, 4.69) is 16.0 Å². The maximum Gasteiger partial charge on any atom is 0.314 e. The van der Waals surface area contributed by atoms with Crippen molar-refractivity contribution < 1.29 is 18.0 Å². The molecule has 0 spiro atoms. The zero-order valence-electron chi connectivity index (χ0n) is 10.4. The average molecular weight is 277 g/mol. The molecule has 104 valence electrons. The van der Waals surface area contributed by atoms with E-state index in [0.717, 1.165) is 0 Å². The predicted molar refractivity (Wildman–Crippen MR) is 66.8 cm³/mol. The van der Waals surface area contributed by atoms with Crippen LogP contribution in [0.4, 0.5) is 4.79 Å². The summed E-state index contributed by atoms with van der Waals surface area (Å²) in [5.41, 5.74) is 0. The second kappa shape index (κ2) is 6.58. The lowest BCUT2D eigenvalue weighted by molar-refractivity contribution is -0.118. The van der Waals surface area contributed by atoms with E-state index in [0.29, 0.717) is 26.1 Å². The van der Waals surface area contributed by atoms with E-state index >= 15 is 0 Å². The van der Waals surface area contributed by atoms with E-state index in [1.807, 2.05) is 0 Å². The highest BCUT2D eigenvalue weighted by atomic mass is 32.2. The molecule has 0 aromatic rings. The molecule has 7 nitrogen and oxygen atoms in total. The molecule has 1 unspecified atom stereocenters. The van der Waals surface area contributed by atoms with Crippen LogP contribution in [0.15, 0.2) is 0 Å². The maximum atomic E-state index is 11.3. The number of amides is 3. The van der Waals surface area contributed by atoms with E-state index < -0.39 is 9.84 Å². The molecule has 3 N–H and O–H groups in total. The van der Waals surface area contributed by atoms with Crippen LogP contribution in [0, 0.1) is 5.92 Å². The maximum absolute atomic E-state index is 11.3. The summed E-state index contributed by atoms with van der Waals surface area (Å²) in [5, 5.41) is 7.74. The highest BCUT2D eigenvalue weighted by Crippen LogP contribution is 2.17. The van der Waals surface area contributed by atoms with Gasteiger partial charge in [0.15, 0.2) is 9.84 Å². The largest absolute Gasteiger partial charge is 0.355 e. The van der Waals surface area contributed by atoms with Gasteiger partial charge in [0.2, 0.25) is 5.91 Å². The molecule has 18 heavy (non-hydrogen) atoms. The van der Waals surface area contributed by atoms with E-state index in [-0.39, 0.29) is 29.4 Å². The van der Waals surface area contributed by atoms with Gasteiger partial charge in [-0.05, 0) is 12.3 Å². The van der Waals surface area contributed by atoms with Crippen molar-refractivity contribution in [3.8, 4) is 0 Å². The molecular formula is C10H19N3O4S. The second-order valence-electron chi connectivity index (χ2n) is 4.39. The highest BCUT2D eigenvalue weighted by molar-refractivity contribution is 7.91. The Morgan fingerprint density at radius 3 is 2.39 bits per heavy atom. The number of nitrogens with one attached hydrogen (secondary N) is 3. The Balaban J connectivity index is 2.09. The summed E-state index contributed by atoms with van der Waals surface area (Å²) in [5.74, 6) is 0.229. The standard InChI is InChI=1S/C10H19N3O4S/c1-8(14)11-3-4-12-10(15)13-6-9-2-5-18(16,17)7-9/h9H,2-7H2,1H3,(H,11,14)(H2,12,13,15). The molecule has 1 atom stereocenters. The zero-order valence-corrected chi connectivity index (χ0v) is 11.2. The van der Waals surface area contributed by atoms with E-state index in [1.54, 1.807) is 0 Å². The molecule has 0 aromatic carbocycles. The Labute approximate surface area is 107 Å². The molecule has 3 amide bonds. The van der Waals surface area contributed by atoms with Crippen molar-refractivity contribution >= 4 is 21.8 Å². The summed E-state index contributed by atoms with van der Waals surface area (Å²) in [6.45, 7) is 2.49. The van der Waals surface area contributed by atoms with E-state index in [4.69, 9.17) is 0 Å². The minimum Gasteiger partial charge on any atom is -0.355 e. The SMILES string of the molecule is CC(=O)NCCNC(=O)NCC1CCS(=O)(=O)C1. The molecule has 1 rings (SSSR count). The van der Waals surface area contributed by atoms with Gasteiger partial charge in [0, 0.05) is 26.6 Å². The Morgan fingerprint density at radius 2 is 1.83 bits per heavy atom. The van der Waals surface area contributed by atoms with Crippen LogP contribution in [0.1, 0.15) is 13.3 Å². The number of urea groups is 1. The molecule has 0 aliphatic carbocycles. The van der Waals surface area contributed by atoms with Crippen molar-refractivity contribution in [2.24, 2.45) is 5.92 Å². The van der Waals surface area contributed by atoms with Crippen LogP contribution in [0.3, 0.4) is 0 Å². The van der Waals surface area contributed by atoms with Crippen LogP contribution in [0.5, 0.6) is 0 Å². The number of carbonyl (C=O) groups excluding carboxylic acids is 2. The minimum absolute atomic E-state index is 0.0103. The van der Waals surface area contributed by atoms with Gasteiger partial charge in [-0.25, -0.2) is 13.2 Å². The third-order valence-corrected chi connectivity index (χ3v) is 4.50. The van der Waals surface area contributed by atoms with Crippen LogP contribution in [0.2, 0.25) is 0 Å². The normalized spacial score (nSPS) is 21.3. The predicted octanol–water partition coefficient (Wildman–Crippen LogP) is -1.14. The summed E-state index contributed by atoms with van der Waals surface area (Å²) in [4.78, 5) is 21.9. The third kappa shape index (κ3) is 5.85. The molecule has 1 aliphatic heterocycles. The van der Waals surface area contributed by atoms with Crippen molar-refractivity contribution in [2.75, 3.05) is 31.1 Å². The summed E-state index contributed by atoms with van der Waals surface area (Å²) in [6.07, 6.45) is 0.606. The average Bonchev–Trinajstić information content (AvgIpc) is 2.61. The number of sulfone groups is 1. The Morgan fingerprint density at radius 1 is 1.17 bits per heavy atom. The molecular weight excluding hydrogens is 258 g/mol. The van der Waals surface area contributed by atoms with Crippen LogP contribution < -0.4 is 16.0 Å². The van der Waals surface area contributed by atoms with Crippen LogP contribution in [0.25, 0.3) is 0 Å². The van der Waals surface area contributed by atoms with Crippen LogP contribution >= 0.6 is 0 Å². The lowest BCUT2D eigenvalue weighted by Crippen LogP contribution is -2.41. The molecule has 0 radical (unpaired) electrons. The topological polar surface area (TPSA) is 104 Å². The zero-order chi connectivity index (χ0) is 13.6. The number of rotatable bonds is 5. The van der Waals surface area contributed by atoms with Gasteiger partial charge in [0.05, 0.1) is 11.5 Å². The lowest BCUT2D eigenvalue weighted by Gasteiger charge is -2.10. The highest BCUT2D eigenvalue weighted by Gasteiger charge is 2.27. The molecule has 8 heteroatoms. The summed E-state index contributed by atoms with van der Waals surface area (Å²) >= 11 is 0. The lowest BCUT2D eigenvalue weighted by atomic mass is 10.1. The Hall–Kier alpha value is -1.31. The first-order valence-electron chi connectivity index (χ1n) is 5.85. The van der Waals surface area contributed by atoms with E-state index in [1.165, 1.54) is 6.92 Å². The fraction of sp³-hybridized carbons (Fsp3) is 0.800.